The van der Waals surface area contributed by atoms with Gasteiger partial charge in [-0.15, -0.1) is 0 Å². The fourth-order valence-corrected chi connectivity index (χ4v) is 3.88. The Morgan fingerprint density at radius 1 is 1.00 bits per heavy atom. The van der Waals surface area contributed by atoms with Gasteiger partial charge in [-0.3, -0.25) is 19.1 Å². The minimum atomic E-state index is -2.32. The van der Waals surface area contributed by atoms with Gasteiger partial charge < -0.3 is 4.90 Å². The van der Waals surface area contributed by atoms with Crippen LogP contribution in [0.1, 0.15) is 23.2 Å². The number of hydrogen-bond acceptors (Lipinski definition) is 5. The Labute approximate surface area is 184 Å². The van der Waals surface area contributed by atoms with Gasteiger partial charge >= 0.3 is 0 Å². The number of nitrogens with zero attached hydrogens (tertiary/aromatic N) is 4. The summed E-state index contributed by atoms with van der Waals surface area (Å²) in [4.78, 5) is 35.3. The maximum absolute atomic E-state index is 14.2. The summed E-state index contributed by atoms with van der Waals surface area (Å²) in [7, 11) is 1.48. The number of Topliss-reactive ketones (excluding diaryl/α,β-unsaturated/α-hetero) is 1. The maximum Gasteiger partial charge on any atom is 0.255 e. The third-order valence-electron chi connectivity index (χ3n) is 5.62. The lowest BCUT2D eigenvalue weighted by Gasteiger charge is -2.33. The average molecular weight is 464 g/mol. The van der Waals surface area contributed by atoms with Crippen LogP contribution in [0, 0.1) is 35.0 Å². The van der Waals surface area contributed by atoms with Crippen LogP contribution in [0.5, 0.6) is 0 Å². The molecule has 0 spiro atoms. The number of anilines is 1. The summed E-state index contributed by atoms with van der Waals surface area (Å²) >= 11 is 0. The van der Waals surface area contributed by atoms with Crippen molar-refractivity contribution in [3.8, 4) is 11.3 Å². The molecule has 1 unspecified atom stereocenters. The molecule has 1 saturated heterocycles. The summed E-state index contributed by atoms with van der Waals surface area (Å²) < 4.78 is 70.1. The highest BCUT2D eigenvalue weighted by Gasteiger charge is 2.35. The molecule has 1 aromatic carbocycles. The normalized spacial score (nSPS) is 16.2. The molecule has 1 aliphatic heterocycles. The molecule has 0 aliphatic carbocycles. The fourth-order valence-electron chi connectivity index (χ4n) is 3.88. The number of pyridine rings is 1. The summed E-state index contributed by atoms with van der Waals surface area (Å²) in [5.41, 5.74) is -0.829. The van der Waals surface area contributed by atoms with E-state index in [-0.39, 0.29) is 24.5 Å². The van der Waals surface area contributed by atoms with Crippen LogP contribution < -0.4 is 10.5 Å². The Morgan fingerprint density at radius 2 is 1.61 bits per heavy atom. The van der Waals surface area contributed by atoms with Crippen molar-refractivity contribution in [2.24, 2.45) is 13.0 Å². The molecule has 0 bridgehead atoms. The van der Waals surface area contributed by atoms with Crippen molar-refractivity contribution in [2.75, 3.05) is 18.0 Å². The Kier molecular flexibility index (Phi) is 5.96. The lowest BCUT2D eigenvalue weighted by Crippen LogP contribution is -2.42. The first-order valence-corrected chi connectivity index (χ1v) is 9.99. The molecular weight excluding hydrogens is 447 g/mol. The summed E-state index contributed by atoms with van der Waals surface area (Å²) in [6, 6.07) is 4.66. The molecule has 2 aromatic heterocycles. The molecule has 33 heavy (non-hydrogen) atoms. The molecule has 11 heteroatoms. The molecule has 0 saturated carbocycles. The number of hydrogen-bond donors (Lipinski definition) is 0. The summed E-state index contributed by atoms with van der Waals surface area (Å²) in [5.74, 6) is -13.0. The third-order valence-corrected chi connectivity index (χ3v) is 5.62. The van der Waals surface area contributed by atoms with E-state index in [1.165, 1.54) is 30.1 Å². The highest BCUT2D eigenvalue weighted by molar-refractivity contribution is 5.99. The van der Waals surface area contributed by atoms with Gasteiger partial charge in [-0.05, 0) is 25.0 Å². The molecule has 1 aliphatic rings. The highest BCUT2D eigenvalue weighted by atomic mass is 19.2. The van der Waals surface area contributed by atoms with Crippen molar-refractivity contribution >= 4 is 11.7 Å². The Morgan fingerprint density at radius 3 is 2.24 bits per heavy atom. The van der Waals surface area contributed by atoms with Gasteiger partial charge in [-0.25, -0.2) is 26.9 Å². The first-order valence-electron chi connectivity index (χ1n) is 9.99. The number of benzene rings is 1. The molecule has 0 amide bonds. The van der Waals surface area contributed by atoms with E-state index in [2.05, 4.69) is 9.97 Å². The smallest absolute Gasteiger partial charge is 0.255 e. The van der Waals surface area contributed by atoms with Gasteiger partial charge in [0.1, 0.15) is 0 Å². The molecule has 172 valence electrons. The van der Waals surface area contributed by atoms with Crippen LogP contribution in [-0.2, 0) is 7.05 Å². The molecule has 3 heterocycles. The second-order valence-electron chi connectivity index (χ2n) is 7.67. The largest absolute Gasteiger partial charge is 0.341 e. The van der Waals surface area contributed by atoms with Crippen LogP contribution in [0.25, 0.3) is 11.3 Å². The second-order valence-corrected chi connectivity index (χ2v) is 7.67. The predicted molar refractivity (Wildman–Crippen MR) is 108 cm³/mol. The Bertz CT molecular complexity index is 1270. The fraction of sp³-hybridized carbons (Fsp3) is 0.273. The van der Waals surface area contributed by atoms with Gasteiger partial charge in [-0.1, -0.05) is 0 Å². The zero-order valence-corrected chi connectivity index (χ0v) is 17.3. The van der Waals surface area contributed by atoms with Crippen molar-refractivity contribution in [3.63, 3.8) is 0 Å². The van der Waals surface area contributed by atoms with Crippen LogP contribution in [-0.4, -0.2) is 33.4 Å². The van der Waals surface area contributed by atoms with Crippen LogP contribution >= 0.6 is 0 Å². The zero-order valence-electron chi connectivity index (χ0n) is 17.3. The summed E-state index contributed by atoms with van der Waals surface area (Å²) in [6.45, 7) is 0.263. The molecule has 1 atom stereocenters. The number of ketones is 1. The van der Waals surface area contributed by atoms with E-state index in [4.69, 9.17) is 0 Å². The first kappa shape index (κ1) is 22.6. The first-order chi connectivity index (χ1) is 15.7. The molecule has 0 radical (unpaired) electrons. The Hall–Kier alpha value is -3.63. The van der Waals surface area contributed by atoms with E-state index in [1.807, 2.05) is 0 Å². The summed E-state index contributed by atoms with van der Waals surface area (Å²) in [5, 5.41) is 0. The highest BCUT2D eigenvalue weighted by Crippen LogP contribution is 2.30. The van der Waals surface area contributed by atoms with E-state index in [9.17, 15) is 31.5 Å². The van der Waals surface area contributed by atoms with Crippen LogP contribution in [0.4, 0.5) is 27.9 Å². The van der Waals surface area contributed by atoms with Gasteiger partial charge in [0, 0.05) is 50.1 Å². The van der Waals surface area contributed by atoms with Gasteiger partial charge in [0.2, 0.25) is 11.8 Å². The number of carbonyl (C=O) groups excluding carboxylic acids is 1. The lowest BCUT2D eigenvalue weighted by molar-refractivity contribution is 0.0894. The third kappa shape index (κ3) is 3.98. The summed E-state index contributed by atoms with van der Waals surface area (Å²) in [6.07, 6.45) is 3.62. The van der Waals surface area contributed by atoms with Crippen molar-refractivity contribution in [1.82, 2.24) is 14.5 Å². The molecule has 1 fully saturated rings. The van der Waals surface area contributed by atoms with E-state index in [0.29, 0.717) is 24.2 Å². The topological polar surface area (TPSA) is 68.1 Å². The number of carbonyl (C=O) groups is 1. The quantitative estimate of drug-likeness (QED) is 0.255. The molecule has 4 rings (SSSR count). The van der Waals surface area contributed by atoms with E-state index in [1.54, 1.807) is 17.0 Å². The van der Waals surface area contributed by atoms with E-state index < -0.39 is 46.4 Å². The van der Waals surface area contributed by atoms with Crippen LogP contribution in [0.2, 0.25) is 0 Å². The van der Waals surface area contributed by atoms with Crippen molar-refractivity contribution in [2.45, 2.75) is 12.8 Å². The minimum Gasteiger partial charge on any atom is -0.341 e. The zero-order chi connectivity index (χ0) is 23.9. The van der Waals surface area contributed by atoms with Gasteiger partial charge in [0.05, 0.1) is 11.3 Å². The number of aromatic nitrogens is 3. The van der Waals surface area contributed by atoms with Gasteiger partial charge in [-0.2, -0.15) is 0 Å². The van der Waals surface area contributed by atoms with Gasteiger partial charge in [0.25, 0.3) is 5.56 Å². The van der Waals surface area contributed by atoms with E-state index in [0.717, 1.165) is 0 Å². The van der Waals surface area contributed by atoms with E-state index >= 15 is 0 Å². The molecule has 3 aromatic rings. The molecular formula is C22H17F5N4O2. The SMILES string of the molecule is Cn1c(N2CCCC(C(=O)c3c(F)c(F)c(F)c(F)c3F)C2)nc(-c2ccncc2)cc1=O. The minimum absolute atomic E-state index is 0.113. The van der Waals surface area contributed by atoms with Gasteiger partial charge in [0.15, 0.2) is 29.1 Å². The van der Waals surface area contributed by atoms with Crippen molar-refractivity contribution < 1.29 is 26.7 Å². The average Bonchev–Trinajstić information content (AvgIpc) is 2.83. The monoisotopic (exact) mass is 464 g/mol. The van der Waals surface area contributed by atoms with Crippen LogP contribution in [0.3, 0.4) is 0 Å². The molecule has 6 nitrogen and oxygen atoms in total. The lowest BCUT2D eigenvalue weighted by atomic mass is 9.89. The second kappa shape index (κ2) is 8.72. The molecule has 0 N–H and O–H groups in total. The number of piperidine rings is 1. The number of halogens is 5. The maximum atomic E-state index is 14.2. The van der Waals surface area contributed by atoms with Crippen molar-refractivity contribution in [1.29, 1.82) is 0 Å². The standard InChI is InChI=1S/C22H17F5N4O2/c1-30-14(32)9-13(11-4-6-28-7-5-11)29-22(30)31-8-2-3-12(10-31)21(33)15-16(23)18(25)20(27)19(26)17(15)24/h4-7,9,12H,2-3,8,10H2,1H3. The van der Waals surface area contributed by atoms with Crippen molar-refractivity contribution in [3.05, 3.63) is 75.6 Å². The predicted octanol–water partition coefficient (Wildman–Crippen LogP) is 3.64. The van der Waals surface area contributed by atoms with Crippen LogP contribution in [0.15, 0.2) is 35.4 Å². The number of rotatable bonds is 4. The Balaban J connectivity index is 1.69.